The van der Waals surface area contributed by atoms with E-state index in [9.17, 15) is 0 Å². The molecule has 0 amide bonds. The fourth-order valence-electron chi connectivity index (χ4n) is 2.74. The van der Waals surface area contributed by atoms with E-state index in [-0.39, 0.29) is 5.92 Å². The van der Waals surface area contributed by atoms with Crippen molar-refractivity contribution in [3.63, 3.8) is 0 Å². The summed E-state index contributed by atoms with van der Waals surface area (Å²) in [4.78, 5) is 3.56. The fourth-order valence-corrected chi connectivity index (χ4v) is 3.95. The minimum absolute atomic E-state index is 0.282. The summed E-state index contributed by atoms with van der Waals surface area (Å²) in [6.45, 7) is 61.9. The van der Waals surface area contributed by atoms with E-state index in [0.29, 0.717) is 23.6 Å². The number of H-pyrrole nitrogens is 1. The molecule has 0 unspecified atom stereocenters. The van der Waals surface area contributed by atoms with Gasteiger partial charge in [-0.05, 0) is 87.2 Å². The second-order valence-electron chi connectivity index (χ2n) is 24.4. The van der Waals surface area contributed by atoms with Crippen molar-refractivity contribution in [2.24, 2.45) is 41.4 Å². The molecule has 0 radical (unpaired) electrons. The van der Waals surface area contributed by atoms with Crippen LogP contribution in [0.1, 0.15) is 247 Å². The van der Waals surface area contributed by atoms with Gasteiger partial charge in [0.1, 0.15) is 29.5 Å². The smallest absolute Gasteiger partial charge is 0.250 e. The predicted molar refractivity (Wildman–Crippen MR) is 382 cm³/mol. The lowest BCUT2D eigenvalue weighted by Gasteiger charge is -1.92. The number of nitrogens with one attached hydrogen (secondary N) is 1. The van der Waals surface area contributed by atoms with Crippen molar-refractivity contribution in [3.8, 4) is 0 Å². The van der Waals surface area contributed by atoms with Crippen LogP contribution in [-0.2, 0) is 0 Å². The third kappa shape index (κ3) is 120. The van der Waals surface area contributed by atoms with Crippen LogP contribution >= 0.6 is 35.0 Å². The first-order valence-electron chi connectivity index (χ1n) is 31.4. The van der Waals surface area contributed by atoms with Gasteiger partial charge in [0.2, 0.25) is 0 Å². The van der Waals surface area contributed by atoms with Crippen LogP contribution in [0.15, 0.2) is 145 Å². The molecule has 0 saturated carbocycles. The van der Waals surface area contributed by atoms with Crippen molar-refractivity contribution in [2.45, 2.75) is 224 Å². The van der Waals surface area contributed by atoms with Crippen molar-refractivity contribution in [3.05, 3.63) is 140 Å². The Bertz CT molecular complexity index is 2180. The molecule has 0 atom stereocenters. The van der Waals surface area contributed by atoms with E-state index in [2.05, 4.69) is 320 Å². The van der Waals surface area contributed by atoms with Crippen LogP contribution in [0.2, 0.25) is 0 Å². The fraction of sp³-hybridized carbons (Fsp3) is 0.635. The lowest BCUT2D eigenvalue weighted by Crippen LogP contribution is -1.85. The average Bonchev–Trinajstić information content (AvgIpc) is 3.06. The van der Waals surface area contributed by atoms with Crippen LogP contribution in [0, 0.1) is 41.4 Å². The first-order chi connectivity index (χ1) is 45.3. The number of rotatable bonds is 4. The molecule has 0 fully saturated rings. The van der Waals surface area contributed by atoms with E-state index in [1.54, 1.807) is 49.4 Å². The molecule has 0 aliphatic rings. The molecule has 33 heteroatoms. The Hall–Kier alpha value is -8.33. The number of aromatic amines is 1. The Kier molecular flexibility index (Phi) is 85.3. The zero-order valence-corrected chi connectivity index (χ0v) is 65.2. The summed E-state index contributed by atoms with van der Waals surface area (Å²) in [6, 6.07) is 7.21. The van der Waals surface area contributed by atoms with Gasteiger partial charge in [-0.2, -0.15) is 28.4 Å². The first kappa shape index (κ1) is 101. The van der Waals surface area contributed by atoms with E-state index < -0.39 is 0 Å². The van der Waals surface area contributed by atoms with Crippen LogP contribution < -0.4 is 0 Å². The monoisotopic (exact) mass is 1400 g/mol. The quantitative estimate of drug-likeness (QED) is 0.171. The van der Waals surface area contributed by atoms with Gasteiger partial charge in [0, 0.05) is 59.3 Å². The summed E-state index contributed by atoms with van der Waals surface area (Å²) < 4.78 is 44.5. The molecule has 96 heavy (non-hydrogen) atoms. The van der Waals surface area contributed by atoms with Crippen LogP contribution in [0.4, 0.5) is 0 Å². The summed E-state index contributed by atoms with van der Waals surface area (Å²) in [5.74, 6) is 8.11. The first-order valence-corrected chi connectivity index (χ1v) is 33.6. The minimum Gasteiger partial charge on any atom is -0.452 e. The largest absolute Gasteiger partial charge is 0.452 e. The average molecular weight is 1400 g/mol. The molecule has 11 heterocycles. The SMILES string of the molecule is CC(C)C.CC(C)C.CC(C)C.CC(C)C.CC(C)C.CC(C)C.CC(C)C.CC(C)c1cnon1.CC(C)c1cnsn1.CC(C)c1nnno1.CC(C)c1nnns1.c1ccnnc1.c1cn[nH]c1.c1cnoc1.c1cocn1.c1conn1.c1nnon1.c1nnsn1. The summed E-state index contributed by atoms with van der Waals surface area (Å²) >= 11 is 3.73. The second kappa shape index (κ2) is 80.9. The van der Waals surface area contributed by atoms with Gasteiger partial charge >= 0.3 is 0 Å². The van der Waals surface area contributed by atoms with Crippen molar-refractivity contribution >= 4 is 35.0 Å². The highest BCUT2D eigenvalue weighted by atomic mass is 32.1. The molecule has 0 aromatic carbocycles. The van der Waals surface area contributed by atoms with Gasteiger partial charge < -0.3 is 18.0 Å². The third-order valence-corrected chi connectivity index (χ3v) is 7.62. The zero-order valence-electron chi connectivity index (χ0n) is 62.8. The van der Waals surface area contributed by atoms with Gasteiger partial charge in [0.25, 0.3) is 5.89 Å². The van der Waals surface area contributed by atoms with Gasteiger partial charge in [0.15, 0.2) is 19.0 Å². The van der Waals surface area contributed by atoms with E-state index in [0.717, 1.165) is 69.5 Å². The van der Waals surface area contributed by atoms with Crippen LogP contribution in [0.25, 0.3) is 0 Å². The van der Waals surface area contributed by atoms with Crippen LogP contribution in [0.3, 0.4) is 0 Å². The molecule has 0 spiro atoms. The van der Waals surface area contributed by atoms with Crippen molar-refractivity contribution in [1.82, 2.24) is 120 Å². The summed E-state index contributed by atoms with van der Waals surface area (Å²) in [5.41, 5.74) is 2.00. The van der Waals surface area contributed by atoms with E-state index >= 15 is 0 Å². The Labute approximate surface area is 585 Å². The molecule has 30 nitrogen and oxygen atoms in total. The maximum absolute atomic E-state index is 4.62. The van der Waals surface area contributed by atoms with Crippen molar-refractivity contribution < 1.29 is 27.2 Å². The normalized spacial score (nSPS) is 9.08. The Morgan fingerprint density at radius 1 is 0.406 bits per heavy atom. The van der Waals surface area contributed by atoms with Crippen LogP contribution in [-0.4, -0.2) is 120 Å². The number of aromatic nitrogens is 24. The van der Waals surface area contributed by atoms with E-state index in [1.165, 1.54) is 67.3 Å². The number of hydrogen-bond donors (Lipinski definition) is 1. The number of hydrogen-bond acceptors (Lipinski definition) is 32. The number of oxazole rings is 1. The van der Waals surface area contributed by atoms with Gasteiger partial charge in [-0.3, -0.25) is 5.10 Å². The van der Waals surface area contributed by atoms with Gasteiger partial charge in [-0.25, -0.2) is 14.2 Å². The number of nitrogens with zero attached hydrogens (tertiary/aromatic N) is 23. The maximum Gasteiger partial charge on any atom is 0.250 e. The molecule has 0 saturated heterocycles. The Balaban J connectivity index is -0.000000176. The Morgan fingerprint density at radius 2 is 0.990 bits per heavy atom. The van der Waals surface area contributed by atoms with Gasteiger partial charge in [-0.1, -0.05) is 235 Å². The highest BCUT2D eigenvalue weighted by Gasteiger charge is 2.04. The molecule has 544 valence electrons. The topological polar surface area (TPSA) is 391 Å². The van der Waals surface area contributed by atoms with Gasteiger partial charge in [0.05, 0.1) is 70.7 Å². The Morgan fingerprint density at radius 3 is 1.15 bits per heavy atom. The van der Waals surface area contributed by atoms with Crippen molar-refractivity contribution in [2.75, 3.05) is 0 Å². The van der Waals surface area contributed by atoms with Crippen LogP contribution in [0.5, 0.6) is 0 Å². The molecule has 11 rings (SSSR count). The predicted octanol–water partition coefficient (Wildman–Crippen LogP) is 17.8. The second-order valence-corrected chi connectivity index (χ2v) is 26.3. The zero-order chi connectivity index (χ0) is 74.4. The highest BCUT2D eigenvalue weighted by Crippen LogP contribution is 2.12. The van der Waals surface area contributed by atoms with E-state index in [1.807, 2.05) is 52.1 Å². The third-order valence-electron chi connectivity index (χ3n) is 5.88. The molecule has 0 aliphatic carbocycles. The minimum atomic E-state index is 0.282. The molecular formula is C63H118N24O6S3. The lowest BCUT2D eigenvalue weighted by molar-refractivity contribution is 0.292. The van der Waals surface area contributed by atoms with Gasteiger partial charge in [-0.15, -0.1) is 15.3 Å². The highest BCUT2D eigenvalue weighted by molar-refractivity contribution is 7.05. The summed E-state index contributed by atoms with van der Waals surface area (Å²) in [5, 5.41) is 61.1. The summed E-state index contributed by atoms with van der Waals surface area (Å²) in [6.07, 6.45) is 23.3. The maximum atomic E-state index is 4.62. The molecule has 0 aliphatic heterocycles. The lowest BCUT2D eigenvalue weighted by atomic mass is 10.2. The summed E-state index contributed by atoms with van der Waals surface area (Å²) in [7, 11) is 0. The van der Waals surface area contributed by atoms with E-state index in [4.69, 9.17) is 0 Å². The standard InChI is InChI=1S/C5H8N2O.C5H8N2S.C4H7N3O.C4H7N3S.C4H4N2.7C4H10.C3H4N2.2C3H3NO.C2H2N2O.CHN3O.CHN3S/c2*1-4(2)5-3-6-8-7-5;2*1-3(2)4-5-6-7-8-4;1-2-4-6-5-3-1;7*1-4(2)3;1-2-4-5-3-1;1-2-5-3-4-1;1-2-4-5-3-1;1-2-5-4-3-1;2*1-2-4-5-3-1/h2*3-4H,1-2H3;2*3H,1-2H3;1-4H;7*4H,1-3H3;1-3H,(H,4,5);2*1-3H;1-2H;2*1H. The molecule has 11 aromatic rings. The molecule has 0 bridgehead atoms. The molecule has 1 N–H and O–H groups in total. The molecular weight excluding hydrogens is 1290 g/mol. The van der Waals surface area contributed by atoms with Crippen molar-refractivity contribution in [1.29, 1.82) is 0 Å². The molecule has 11 aromatic heterocycles.